The summed E-state index contributed by atoms with van der Waals surface area (Å²) in [6.45, 7) is 2.27. The minimum absolute atomic E-state index is 0.141. The number of alkyl halides is 1. The highest BCUT2D eigenvalue weighted by Gasteiger charge is 2.60. The second-order valence-corrected chi connectivity index (χ2v) is 8.69. The molecule has 0 spiro atoms. The Labute approximate surface area is 132 Å². The van der Waals surface area contributed by atoms with Crippen molar-refractivity contribution in [2.45, 2.75) is 77.2 Å². The largest absolute Gasteiger partial charge is 0.367 e. The highest BCUT2D eigenvalue weighted by molar-refractivity contribution is 5.26. The minimum atomic E-state index is -1.25. The second-order valence-electron chi connectivity index (χ2n) is 8.69. The van der Waals surface area contributed by atoms with E-state index in [9.17, 15) is 14.6 Å². The quantitative estimate of drug-likeness (QED) is 0.568. The molecule has 0 radical (unpaired) electrons. The lowest BCUT2D eigenvalue weighted by molar-refractivity contribution is -0.179. The highest BCUT2D eigenvalue weighted by atomic mass is 19.1. The Balaban J connectivity index is 1.73. The van der Waals surface area contributed by atoms with Crippen LogP contribution in [0.2, 0.25) is 0 Å². The molecule has 4 aliphatic rings. The molecular weight excluding hydrogens is 279 g/mol. The molecule has 0 saturated heterocycles. The van der Waals surface area contributed by atoms with Crippen molar-refractivity contribution in [3.63, 3.8) is 0 Å². The molecule has 22 heavy (non-hydrogen) atoms. The number of aliphatic hydroxyl groups is 2. The van der Waals surface area contributed by atoms with Gasteiger partial charge < -0.3 is 10.2 Å². The molecule has 4 rings (SSSR count). The first kappa shape index (κ1) is 15.1. The number of fused-ring (bicyclic) bond motifs is 5. The van der Waals surface area contributed by atoms with Crippen molar-refractivity contribution in [3.8, 4) is 0 Å². The SMILES string of the molecule is C[C@]12CC[C@@H]3[C@@H](CC=C4CCCC[C@@]43C(O)O)[C@@H]1CC(F)C2. The monoisotopic (exact) mass is 308 g/mol. The maximum atomic E-state index is 14.1. The van der Waals surface area contributed by atoms with Gasteiger partial charge in [-0.2, -0.15) is 0 Å². The maximum Gasteiger partial charge on any atom is 0.161 e. The Morgan fingerprint density at radius 2 is 2.05 bits per heavy atom. The summed E-state index contributed by atoms with van der Waals surface area (Å²) in [6.07, 6.45) is 9.12. The summed E-state index contributed by atoms with van der Waals surface area (Å²) in [4.78, 5) is 0. The summed E-state index contributed by atoms with van der Waals surface area (Å²) in [5, 5.41) is 20.6. The number of rotatable bonds is 1. The molecule has 0 bridgehead atoms. The molecule has 4 aliphatic carbocycles. The van der Waals surface area contributed by atoms with Gasteiger partial charge >= 0.3 is 0 Å². The Morgan fingerprint density at radius 1 is 1.23 bits per heavy atom. The fraction of sp³-hybridized carbons (Fsp3) is 0.895. The van der Waals surface area contributed by atoms with Crippen molar-refractivity contribution >= 4 is 0 Å². The molecule has 3 fully saturated rings. The molecule has 3 saturated carbocycles. The third kappa shape index (κ3) is 1.91. The van der Waals surface area contributed by atoms with E-state index < -0.39 is 17.9 Å². The third-order valence-corrected chi connectivity index (χ3v) is 7.80. The van der Waals surface area contributed by atoms with Gasteiger partial charge in [0.05, 0.1) is 0 Å². The van der Waals surface area contributed by atoms with Crippen molar-refractivity contribution < 1.29 is 14.6 Å². The van der Waals surface area contributed by atoms with Crippen LogP contribution in [-0.2, 0) is 0 Å². The Morgan fingerprint density at radius 3 is 2.82 bits per heavy atom. The van der Waals surface area contributed by atoms with Crippen molar-refractivity contribution in [2.75, 3.05) is 0 Å². The van der Waals surface area contributed by atoms with E-state index >= 15 is 0 Å². The first-order valence-corrected chi connectivity index (χ1v) is 9.17. The summed E-state index contributed by atoms with van der Waals surface area (Å²) >= 11 is 0. The van der Waals surface area contributed by atoms with E-state index in [0.717, 1.165) is 38.5 Å². The van der Waals surface area contributed by atoms with E-state index in [4.69, 9.17) is 0 Å². The van der Waals surface area contributed by atoms with E-state index in [0.29, 0.717) is 30.6 Å². The van der Waals surface area contributed by atoms with E-state index in [1.165, 1.54) is 12.0 Å². The van der Waals surface area contributed by atoms with Gasteiger partial charge in [-0.1, -0.05) is 25.0 Å². The zero-order valence-electron chi connectivity index (χ0n) is 13.6. The van der Waals surface area contributed by atoms with Gasteiger partial charge in [-0.15, -0.1) is 0 Å². The molecule has 0 aromatic heterocycles. The average Bonchev–Trinajstić information content (AvgIpc) is 2.80. The lowest BCUT2D eigenvalue weighted by atomic mass is 9.47. The molecule has 1 unspecified atom stereocenters. The van der Waals surface area contributed by atoms with Crippen molar-refractivity contribution in [1.82, 2.24) is 0 Å². The summed E-state index contributed by atoms with van der Waals surface area (Å²) in [6, 6.07) is 0. The Hall–Kier alpha value is -0.410. The van der Waals surface area contributed by atoms with E-state index in [1.807, 2.05) is 0 Å². The Kier molecular flexibility index (Phi) is 3.47. The zero-order chi connectivity index (χ0) is 15.5. The Bertz CT molecular complexity index is 488. The van der Waals surface area contributed by atoms with Crippen LogP contribution in [0.3, 0.4) is 0 Å². The van der Waals surface area contributed by atoms with Gasteiger partial charge in [-0.3, -0.25) is 0 Å². The van der Waals surface area contributed by atoms with Crippen LogP contribution in [0, 0.1) is 28.6 Å². The fourth-order valence-electron chi connectivity index (χ4n) is 6.83. The molecule has 2 N–H and O–H groups in total. The number of hydrogen-bond donors (Lipinski definition) is 2. The molecule has 0 aromatic carbocycles. The van der Waals surface area contributed by atoms with Crippen LogP contribution in [0.25, 0.3) is 0 Å². The lowest BCUT2D eigenvalue weighted by Gasteiger charge is -2.58. The fourth-order valence-corrected chi connectivity index (χ4v) is 6.83. The smallest absolute Gasteiger partial charge is 0.161 e. The predicted molar refractivity (Wildman–Crippen MR) is 83.8 cm³/mol. The summed E-state index contributed by atoms with van der Waals surface area (Å²) in [5.74, 6) is 1.22. The topological polar surface area (TPSA) is 40.5 Å². The van der Waals surface area contributed by atoms with Gasteiger partial charge in [0, 0.05) is 5.41 Å². The van der Waals surface area contributed by atoms with Gasteiger partial charge in [-0.25, -0.2) is 4.39 Å². The van der Waals surface area contributed by atoms with Gasteiger partial charge in [0.25, 0.3) is 0 Å². The third-order valence-electron chi connectivity index (χ3n) is 7.80. The molecule has 0 aromatic rings. The number of halogens is 1. The average molecular weight is 308 g/mol. The van der Waals surface area contributed by atoms with Crippen molar-refractivity contribution in [1.29, 1.82) is 0 Å². The molecule has 3 heteroatoms. The normalized spacial score (nSPS) is 51.0. The first-order chi connectivity index (χ1) is 10.5. The molecule has 124 valence electrons. The van der Waals surface area contributed by atoms with Crippen LogP contribution in [0.15, 0.2) is 11.6 Å². The minimum Gasteiger partial charge on any atom is -0.367 e. The van der Waals surface area contributed by atoms with Gasteiger partial charge in [0.1, 0.15) is 6.17 Å². The van der Waals surface area contributed by atoms with Gasteiger partial charge in [0.15, 0.2) is 6.29 Å². The van der Waals surface area contributed by atoms with Crippen LogP contribution in [0.5, 0.6) is 0 Å². The van der Waals surface area contributed by atoms with Gasteiger partial charge in [0.2, 0.25) is 0 Å². The van der Waals surface area contributed by atoms with Crippen LogP contribution in [0.1, 0.15) is 64.7 Å². The molecular formula is C19H29FO2. The molecule has 2 nitrogen and oxygen atoms in total. The van der Waals surface area contributed by atoms with Crippen LogP contribution in [0.4, 0.5) is 4.39 Å². The number of aliphatic hydroxyl groups excluding tert-OH is 1. The highest BCUT2D eigenvalue weighted by Crippen LogP contribution is 2.65. The molecule has 0 amide bonds. The summed E-state index contributed by atoms with van der Waals surface area (Å²) in [7, 11) is 0. The maximum absolute atomic E-state index is 14.1. The van der Waals surface area contributed by atoms with Crippen LogP contribution >= 0.6 is 0 Å². The number of hydrogen-bond acceptors (Lipinski definition) is 2. The summed E-state index contributed by atoms with van der Waals surface area (Å²) in [5.41, 5.74) is 1.02. The molecule has 0 heterocycles. The van der Waals surface area contributed by atoms with Gasteiger partial charge in [-0.05, 0) is 74.5 Å². The lowest BCUT2D eigenvalue weighted by Crippen LogP contribution is -2.54. The van der Waals surface area contributed by atoms with Crippen LogP contribution < -0.4 is 0 Å². The number of allylic oxidation sites excluding steroid dienone is 1. The first-order valence-electron chi connectivity index (χ1n) is 9.17. The zero-order valence-corrected chi connectivity index (χ0v) is 13.6. The second kappa shape index (κ2) is 5.04. The molecule has 6 atom stereocenters. The van der Waals surface area contributed by atoms with Crippen molar-refractivity contribution in [2.24, 2.45) is 28.6 Å². The standard InChI is InChI=1S/C19H29FO2/c1-18-9-7-15-14(16(18)10-13(20)11-18)6-5-12-4-2-3-8-19(12,15)17(21)22/h5,13-17,21-22H,2-4,6-11H2,1H3/t13?,14-,15-,16+,18-,19-/m1/s1. The predicted octanol–water partition coefficient (Wildman–Crippen LogP) is 3.97. The summed E-state index contributed by atoms with van der Waals surface area (Å²) < 4.78 is 14.1. The van der Waals surface area contributed by atoms with E-state index in [-0.39, 0.29) is 5.41 Å². The van der Waals surface area contributed by atoms with Crippen LogP contribution in [-0.4, -0.2) is 22.7 Å². The molecule has 0 aliphatic heterocycles. The van der Waals surface area contributed by atoms with E-state index in [1.54, 1.807) is 0 Å². The van der Waals surface area contributed by atoms with E-state index in [2.05, 4.69) is 13.0 Å². The van der Waals surface area contributed by atoms with Crippen molar-refractivity contribution in [3.05, 3.63) is 11.6 Å².